The molecule has 2 aromatic rings. The number of hydrogen-bond acceptors (Lipinski definition) is 9. The molecule has 0 saturated carbocycles. The number of rotatable bonds is 10. The van der Waals surface area contributed by atoms with Gasteiger partial charge in [-0.05, 0) is 24.3 Å². The van der Waals surface area contributed by atoms with E-state index in [-0.39, 0.29) is 11.1 Å². The van der Waals surface area contributed by atoms with E-state index in [9.17, 15) is 29.7 Å². The van der Waals surface area contributed by atoms with Crippen LogP contribution in [-0.4, -0.2) is 70.9 Å². The fourth-order valence-electron chi connectivity index (χ4n) is 2.62. The largest absolute Gasteiger partial charge is 0.459 e. The molecular formula is C22H24O9. The number of aliphatic hydroxyl groups is 3. The van der Waals surface area contributed by atoms with Crippen LogP contribution < -0.4 is 0 Å². The molecule has 166 valence electrons. The van der Waals surface area contributed by atoms with Gasteiger partial charge in [-0.25, -0.2) is 9.59 Å². The number of hydrogen-bond donors (Lipinski definition) is 3. The number of ether oxygens (including phenoxy) is 3. The van der Waals surface area contributed by atoms with Crippen LogP contribution in [0.3, 0.4) is 0 Å². The number of carbonyl (C=O) groups is 3. The van der Waals surface area contributed by atoms with E-state index in [0.29, 0.717) is 0 Å². The van der Waals surface area contributed by atoms with Gasteiger partial charge in [0.1, 0.15) is 31.5 Å². The molecule has 0 unspecified atom stereocenters. The quantitative estimate of drug-likeness (QED) is 0.366. The molecule has 9 heteroatoms. The van der Waals surface area contributed by atoms with Crippen LogP contribution in [0.1, 0.15) is 27.6 Å². The Kier molecular flexibility index (Phi) is 9.13. The third-order valence-electron chi connectivity index (χ3n) is 4.20. The van der Waals surface area contributed by atoms with Crippen molar-refractivity contribution in [3.8, 4) is 0 Å². The van der Waals surface area contributed by atoms with Gasteiger partial charge in [0, 0.05) is 6.92 Å². The summed E-state index contributed by atoms with van der Waals surface area (Å²) in [7, 11) is 0. The van der Waals surface area contributed by atoms with Crippen LogP contribution in [0.5, 0.6) is 0 Å². The van der Waals surface area contributed by atoms with Crippen molar-refractivity contribution in [3.63, 3.8) is 0 Å². The molecule has 2 rings (SSSR count). The van der Waals surface area contributed by atoms with E-state index in [1.54, 1.807) is 36.4 Å². The Morgan fingerprint density at radius 1 is 0.742 bits per heavy atom. The zero-order valence-electron chi connectivity index (χ0n) is 16.8. The van der Waals surface area contributed by atoms with Gasteiger partial charge in [-0.1, -0.05) is 36.4 Å². The molecule has 0 fully saturated rings. The van der Waals surface area contributed by atoms with Gasteiger partial charge in [0.15, 0.2) is 6.10 Å². The number of carbonyl (C=O) groups excluding carboxylic acids is 3. The molecule has 0 radical (unpaired) electrons. The average Bonchev–Trinajstić information content (AvgIpc) is 2.79. The maximum Gasteiger partial charge on any atom is 0.338 e. The third-order valence-corrected chi connectivity index (χ3v) is 4.20. The van der Waals surface area contributed by atoms with E-state index in [2.05, 4.69) is 0 Å². The van der Waals surface area contributed by atoms with Crippen LogP contribution in [0.25, 0.3) is 0 Å². The number of esters is 3. The predicted octanol–water partition coefficient (Wildman–Crippen LogP) is 0.715. The highest BCUT2D eigenvalue weighted by molar-refractivity contribution is 5.89. The Balaban J connectivity index is 1.94. The summed E-state index contributed by atoms with van der Waals surface area (Å²) in [4.78, 5) is 35.3. The molecule has 0 aliphatic carbocycles. The van der Waals surface area contributed by atoms with Gasteiger partial charge in [0.2, 0.25) is 0 Å². The van der Waals surface area contributed by atoms with E-state index < -0.39 is 55.5 Å². The normalized spacial score (nSPS) is 14.6. The highest BCUT2D eigenvalue weighted by atomic mass is 16.6. The first-order valence-electron chi connectivity index (χ1n) is 9.45. The highest BCUT2D eigenvalue weighted by Gasteiger charge is 2.36. The molecule has 31 heavy (non-hydrogen) atoms. The van der Waals surface area contributed by atoms with Crippen LogP contribution in [0.2, 0.25) is 0 Å². The summed E-state index contributed by atoms with van der Waals surface area (Å²) in [6.07, 6.45) is -6.79. The van der Waals surface area contributed by atoms with Crippen LogP contribution in [0.4, 0.5) is 0 Å². The Morgan fingerprint density at radius 3 is 1.58 bits per heavy atom. The average molecular weight is 432 g/mol. The zero-order chi connectivity index (χ0) is 22.8. The summed E-state index contributed by atoms with van der Waals surface area (Å²) in [5, 5.41) is 30.8. The summed E-state index contributed by atoms with van der Waals surface area (Å²) < 4.78 is 14.8. The van der Waals surface area contributed by atoms with E-state index in [4.69, 9.17) is 14.2 Å². The molecule has 0 aliphatic heterocycles. The minimum atomic E-state index is -1.82. The monoisotopic (exact) mass is 432 g/mol. The van der Waals surface area contributed by atoms with Crippen molar-refractivity contribution < 1.29 is 43.9 Å². The second-order valence-electron chi connectivity index (χ2n) is 6.63. The van der Waals surface area contributed by atoms with Crippen molar-refractivity contribution in [1.29, 1.82) is 0 Å². The van der Waals surface area contributed by atoms with E-state index in [1.165, 1.54) is 24.3 Å². The summed E-state index contributed by atoms with van der Waals surface area (Å²) in [5.74, 6) is -2.30. The van der Waals surface area contributed by atoms with Crippen molar-refractivity contribution in [3.05, 3.63) is 71.8 Å². The Morgan fingerprint density at radius 2 is 1.16 bits per heavy atom. The molecule has 0 aliphatic rings. The van der Waals surface area contributed by atoms with Crippen molar-refractivity contribution in [1.82, 2.24) is 0 Å². The van der Waals surface area contributed by atoms with Crippen LogP contribution in [-0.2, 0) is 19.0 Å². The standard InChI is InChI=1S/C22H24O9/c1-14(23)31-20(18(25)13-30-22(28)16-10-6-3-7-11-16)19(26)17(24)12-29-21(27)15-8-4-2-5-9-15/h2-11,17-20,24-26H,12-13H2,1H3/t17-,18-,19-,20-/m1/s1. The zero-order valence-corrected chi connectivity index (χ0v) is 16.8. The molecule has 0 spiro atoms. The van der Waals surface area contributed by atoms with E-state index in [1.807, 2.05) is 0 Å². The van der Waals surface area contributed by atoms with Crippen LogP contribution in [0.15, 0.2) is 60.7 Å². The van der Waals surface area contributed by atoms with E-state index in [0.717, 1.165) is 6.92 Å². The Labute approximate surface area is 178 Å². The second-order valence-corrected chi connectivity index (χ2v) is 6.63. The summed E-state index contributed by atoms with van der Waals surface area (Å²) in [6, 6.07) is 16.0. The lowest BCUT2D eigenvalue weighted by atomic mass is 10.0. The third kappa shape index (κ3) is 7.49. The van der Waals surface area contributed by atoms with Crippen molar-refractivity contribution >= 4 is 17.9 Å². The maximum absolute atomic E-state index is 12.0. The molecule has 0 bridgehead atoms. The fraction of sp³-hybridized carbons (Fsp3) is 0.318. The number of aliphatic hydroxyl groups excluding tert-OH is 3. The summed E-state index contributed by atoms with van der Waals surface area (Å²) in [5.41, 5.74) is 0.487. The second kappa shape index (κ2) is 11.8. The molecular weight excluding hydrogens is 408 g/mol. The molecule has 0 heterocycles. The van der Waals surface area contributed by atoms with Gasteiger partial charge in [0.05, 0.1) is 11.1 Å². The molecule has 4 atom stereocenters. The van der Waals surface area contributed by atoms with Crippen molar-refractivity contribution in [2.75, 3.05) is 13.2 Å². The first-order valence-corrected chi connectivity index (χ1v) is 9.45. The molecule has 0 aromatic heterocycles. The number of benzene rings is 2. The predicted molar refractivity (Wildman–Crippen MR) is 107 cm³/mol. The highest BCUT2D eigenvalue weighted by Crippen LogP contribution is 2.13. The van der Waals surface area contributed by atoms with Crippen molar-refractivity contribution in [2.24, 2.45) is 0 Å². The maximum atomic E-state index is 12.0. The Bertz CT molecular complexity index is 854. The SMILES string of the molecule is CC(=O)O[C@@H]([C@H](O)[C@H](O)COC(=O)c1ccccc1)[C@H](O)COC(=O)c1ccccc1. The molecule has 9 nitrogen and oxygen atoms in total. The van der Waals surface area contributed by atoms with Gasteiger partial charge in [-0.2, -0.15) is 0 Å². The van der Waals surface area contributed by atoms with Gasteiger partial charge in [-0.15, -0.1) is 0 Å². The fourth-order valence-corrected chi connectivity index (χ4v) is 2.62. The molecule has 0 saturated heterocycles. The summed E-state index contributed by atoms with van der Waals surface area (Å²) in [6.45, 7) is -0.188. The van der Waals surface area contributed by atoms with E-state index >= 15 is 0 Å². The summed E-state index contributed by atoms with van der Waals surface area (Å²) >= 11 is 0. The topological polar surface area (TPSA) is 140 Å². The van der Waals surface area contributed by atoms with Crippen molar-refractivity contribution in [2.45, 2.75) is 31.3 Å². The van der Waals surface area contributed by atoms with Gasteiger partial charge < -0.3 is 29.5 Å². The lowest BCUT2D eigenvalue weighted by Crippen LogP contribution is -2.50. The lowest BCUT2D eigenvalue weighted by molar-refractivity contribution is -0.174. The van der Waals surface area contributed by atoms with Gasteiger partial charge in [0.25, 0.3) is 0 Å². The van der Waals surface area contributed by atoms with Crippen LogP contribution in [0, 0.1) is 0 Å². The molecule has 3 N–H and O–H groups in total. The molecule has 2 aromatic carbocycles. The molecule has 0 amide bonds. The smallest absolute Gasteiger partial charge is 0.338 e. The minimum Gasteiger partial charge on any atom is -0.459 e. The Hall–Kier alpha value is -3.27. The van der Waals surface area contributed by atoms with Crippen LogP contribution >= 0.6 is 0 Å². The first-order chi connectivity index (χ1) is 14.8. The minimum absolute atomic E-state index is 0.243. The van der Waals surface area contributed by atoms with Gasteiger partial charge >= 0.3 is 17.9 Å². The van der Waals surface area contributed by atoms with Gasteiger partial charge in [-0.3, -0.25) is 4.79 Å². The first kappa shape index (κ1) is 24.0. The lowest BCUT2D eigenvalue weighted by Gasteiger charge is -2.29.